The van der Waals surface area contributed by atoms with E-state index >= 15 is 0 Å². The number of hydrogen-bond donors (Lipinski definition) is 1. The van der Waals surface area contributed by atoms with Crippen LogP contribution in [0.5, 0.6) is 5.88 Å². The molecule has 186 valence electrons. The zero-order chi connectivity index (χ0) is 25.8. The maximum Gasteiger partial charge on any atom is 0.433 e. The Balaban J connectivity index is 1.79. The molecule has 0 aliphatic heterocycles. The molecule has 2 atom stereocenters. The van der Waals surface area contributed by atoms with Crippen LogP contribution in [0.15, 0.2) is 60.9 Å². The molecular formula is C25H24Cl2F3N3O2. The Kier molecular flexibility index (Phi) is 8.28. The highest BCUT2D eigenvalue weighted by molar-refractivity contribution is 6.30. The first kappa shape index (κ1) is 26.8. The van der Waals surface area contributed by atoms with E-state index < -0.39 is 23.4 Å². The molecule has 3 rings (SSSR count). The minimum Gasteiger partial charge on any atom is -0.461 e. The molecule has 0 aliphatic carbocycles. The topological polar surface area (TPSA) is 64.1 Å². The highest BCUT2D eigenvalue weighted by atomic mass is 35.5. The summed E-state index contributed by atoms with van der Waals surface area (Å²) in [4.78, 5) is 20.0. The number of carbonyl (C=O) groups excluding carboxylic acids is 1. The van der Waals surface area contributed by atoms with Gasteiger partial charge in [-0.2, -0.15) is 13.2 Å². The fourth-order valence-electron chi connectivity index (χ4n) is 3.53. The van der Waals surface area contributed by atoms with Crippen molar-refractivity contribution in [1.82, 2.24) is 15.3 Å². The lowest BCUT2D eigenvalue weighted by molar-refractivity contribution is -0.141. The maximum atomic E-state index is 13.1. The van der Waals surface area contributed by atoms with Gasteiger partial charge in [-0.1, -0.05) is 47.5 Å². The summed E-state index contributed by atoms with van der Waals surface area (Å²) < 4.78 is 44.4. The molecule has 0 saturated carbocycles. The highest BCUT2D eigenvalue weighted by Crippen LogP contribution is 2.30. The van der Waals surface area contributed by atoms with Crippen LogP contribution in [0, 0.1) is 0 Å². The third kappa shape index (κ3) is 7.32. The van der Waals surface area contributed by atoms with E-state index in [1.54, 1.807) is 18.2 Å². The number of nitrogens with one attached hydrogen (secondary N) is 1. The van der Waals surface area contributed by atoms with Crippen LogP contribution in [0.3, 0.4) is 0 Å². The van der Waals surface area contributed by atoms with Crippen molar-refractivity contribution in [2.45, 2.75) is 50.9 Å². The summed E-state index contributed by atoms with van der Waals surface area (Å²) in [6, 6.07) is 15.1. The van der Waals surface area contributed by atoms with Gasteiger partial charge in [0.25, 0.3) is 5.91 Å². The highest BCUT2D eigenvalue weighted by Gasteiger charge is 2.36. The summed E-state index contributed by atoms with van der Waals surface area (Å²) >= 11 is 12.2. The SMILES string of the molecule is CC(NC(=O)C(C)(C)Oc1cc(C(F)(F)F)ncn1)C(Cc1ccc(Cl)cc1)c1cccc(Cl)c1. The van der Waals surface area contributed by atoms with Crippen molar-refractivity contribution in [2.24, 2.45) is 0 Å². The van der Waals surface area contributed by atoms with Crippen molar-refractivity contribution >= 4 is 29.1 Å². The average molecular weight is 526 g/mol. The number of benzene rings is 2. The van der Waals surface area contributed by atoms with Crippen molar-refractivity contribution in [2.75, 3.05) is 0 Å². The lowest BCUT2D eigenvalue weighted by atomic mass is 9.86. The molecule has 1 N–H and O–H groups in total. The second-order valence-corrected chi connectivity index (χ2v) is 9.48. The predicted molar refractivity (Wildman–Crippen MR) is 129 cm³/mol. The molecule has 5 nitrogen and oxygen atoms in total. The molecule has 1 amide bonds. The molecule has 2 aromatic carbocycles. The number of hydrogen-bond acceptors (Lipinski definition) is 4. The number of halogens is 5. The molecule has 1 heterocycles. The van der Waals surface area contributed by atoms with Gasteiger partial charge in [0.1, 0.15) is 6.33 Å². The average Bonchev–Trinajstić information content (AvgIpc) is 2.78. The number of carbonyl (C=O) groups is 1. The molecule has 0 bridgehead atoms. The summed E-state index contributed by atoms with van der Waals surface area (Å²) in [6.45, 7) is 4.76. The van der Waals surface area contributed by atoms with Gasteiger partial charge in [-0.25, -0.2) is 9.97 Å². The van der Waals surface area contributed by atoms with Crippen LogP contribution in [-0.4, -0.2) is 27.5 Å². The van der Waals surface area contributed by atoms with Gasteiger partial charge in [-0.05, 0) is 62.6 Å². The van der Waals surface area contributed by atoms with Crippen LogP contribution >= 0.6 is 23.2 Å². The van der Waals surface area contributed by atoms with E-state index in [0.717, 1.165) is 17.5 Å². The van der Waals surface area contributed by atoms with Crippen molar-refractivity contribution in [3.63, 3.8) is 0 Å². The van der Waals surface area contributed by atoms with Gasteiger partial charge in [0.2, 0.25) is 5.88 Å². The Hall–Kier alpha value is -2.84. The number of aromatic nitrogens is 2. The molecule has 2 unspecified atom stereocenters. The maximum absolute atomic E-state index is 13.1. The Morgan fingerprint density at radius 3 is 2.34 bits per heavy atom. The van der Waals surface area contributed by atoms with Crippen LogP contribution in [0.1, 0.15) is 43.5 Å². The standard InChI is InChI=1S/C25H24Cl2F3N3O2/c1-15(20(17-5-4-6-19(27)12-17)11-16-7-9-18(26)10-8-16)33-23(34)24(2,3)35-22-13-21(25(28,29)30)31-14-32-22/h4-10,12-15,20H,11H2,1-3H3,(H,33,34). The van der Waals surface area contributed by atoms with E-state index in [1.165, 1.54) is 13.8 Å². The van der Waals surface area contributed by atoms with Gasteiger partial charge < -0.3 is 10.1 Å². The van der Waals surface area contributed by atoms with E-state index in [0.29, 0.717) is 22.5 Å². The second-order valence-electron chi connectivity index (χ2n) is 8.61. The van der Waals surface area contributed by atoms with E-state index in [9.17, 15) is 18.0 Å². The fourth-order valence-corrected chi connectivity index (χ4v) is 3.86. The molecule has 0 fully saturated rings. The Morgan fingerprint density at radius 2 is 1.71 bits per heavy atom. The molecule has 0 saturated heterocycles. The van der Waals surface area contributed by atoms with E-state index in [4.69, 9.17) is 27.9 Å². The van der Waals surface area contributed by atoms with Crippen LogP contribution in [0.25, 0.3) is 0 Å². The quantitative estimate of drug-likeness (QED) is 0.365. The Labute approximate surface area is 211 Å². The number of rotatable bonds is 8. The van der Waals surface area contributed by atoms with Gasteiger partial charge in [0.15, 0.2) is 11.3 Å². The van der Waals surface area contributed by atoms with E-state index in [1.807, 2.05) is 37.3 Å². The molecule has 35 heavy (non-hydrogen) atoms. The van der Waals surface area contributed by atoms with Gasteiger partial charge in [0, 0.05) is 28.1 Å². The third-order valence-electron chi connectivity index (χ3n) is 5.45. The number of ether oxygens (including phenoxy) is 1. The van der Waals surface area contributed by atoms with Crippen molar-refractivity contribution in [1.29, 1.82) is 0 Å². The normalized spacial score (nSPS) is 13.7. The van der Waals surface area contributed by atoms with Crippen LogP contribution < -0.4 is 10.1 Å². The van der Waals surface area contributed by atoms with Gasteiger partial charge in [-0.3, -0.25) is 4.79 Å². The summed E-state index contributed by atoms with van der Waals surface area (Å²) in [5.74, 6) is -1.03. The number of amides is 1. The second kappa shape index (κ2) is 10.8. The predicted octanol–water partition coefficient (Wildman–Crippen LogP) is 6.49. The van der Waals surface area contributed by atoms with Gasteiger partial charge in [0.05, 0.1) is 0 Å². The molecule has 0 spiro atoms. The molecule has 10 heteroatoms. The smallest absolute Gasteiger partial charge is 0.433 e. The fraction of sp³-hybridized carbons (Fsp3) is 0.320. The van der Waals surface area contributed by atoms with Crippen molar-refractivity contribution in [3.8, 4) is 5.88 Å². The first-order chi connectivity index (χ1) is 16.3. The summed E-state index contributed by atoms with van der Waals surface area (Å²) in [6.07, 6.45) is -3.33. The first-order valence-electron chi connectivity index (χ1n) is 10.7. The van der Waals surface area contributed by atoms with E-state index in [2.05, 4.69) is 15.3 Å². The summed E-state index contributed by atoms with van der Waals surface area (Å²) in [7, 11) is 0. The molecule has 0 radical (unpaired) electrons. The monoisotopic (exact) mass is 525 g/mol. The van der Waals surface area contributed by atoms with Crippen LogP contribution in [-0.2, 0) is 17.4 Å². The third-order valence-corrected chi connectivity index (χ3v) is 5.93. The zero-order valence-corrected chi connectivity index (χ0v) is 20.7. The van der Waals surface area contributed by atoms with Gasteiger partial charge >= 0.3 is 6.18 Å². The molecule has 3 aromatic rings. The largest absolute Gasteiger partial charge is 0.461 e. The summed E-state index contributed by atoms with van der Waals surface area (Å²) in [5.41, 5.74) is -0.734. The first-order valence-corrected chi connectivity index (χ1v) is 11.5. The van der Waals surface area contributed by atoms with E-state index in [-0.39, 0.29) is 17.8 Å². The Bertz CT molecular complexity index is 1170. The minimum atomic E-state index is -4.66. The lowest BCUT2D eigenvalue weighted by Gasteiger charge is -2.30. The summed E-state index contributed by atoms with van der Waals surface area (Å²) in [5, 5.41) is 4.12. The zero-order valence-electron chi connectivity index (χ0n) is 19.2. The lowest BCUT2D eigenvalue weighted by Crippen LogP contribution is -2.51. The van der Waals surface area contributed by atoms with Crippen LogP contribution in [0.4, 0.5) is 13.2 Å². The number of alkyl halides is 3. The minimum absolute atomic E-state index is 0.162. The van der Waals surface area contributed by atoms with Crippen molar-refractivity contribution in [3.05, 3.63) is 87.8 Å². The Morgan fingerprint density at radius 1 is 1.03 bits per heavy atom. The molecular weight excluding hydrogens is 502 g/mol. The van der Waals surface area contributed by atoms with Crippen molar-refractivity contribution < 1.29 is 22.7 Å². The molecule has 0 aliphatic rings. The molecule has 1 aromatic heterocycles. The van der Waals surface area contributed by atoms with Gasteiger partial charge in [-0.15, -0.1) is 0 Å². The number of nitrogens with zero attached hydrogens (tertiary/aromatic N) is 2. The van der Waals surface area contributed by atoms with Crippen LogP contribution in [0.2, 0.25) is 10.0 Å².